The van der Waals surface area contributed by atoms with E-state index in [1.807, 2.05) is 19.1 Å². The quantitative estimate of drug-likeness (QED) is 0.398. The van der Waals surface area contributed by atoms with Crippen LogP contribution in [0.15, 0.2) is 23.2 Å². The van der Waals surface area contributed by atoms with Crippen molar-refractivity contribution in [3.63, 3.8) is 0 Å². The van der Waals surface area contributed by atoms with Crippen molar-refractivity contribution >= 4 is 46.7 Å². The average molecular weight is 497 g/mol. The number of rotatable bonds is 3. The van der Waals surface area contributed by atoms with Crippen LogP contribution in [-0.2, 0) is 20.8 Å². The van der Waals surface area contributed by atoms with Gasteiger partial charge >= 0.3 is 0 Å². The largest absolute Gasteiger partial charge is 0.507 e. The molecule has 182 valence electrons. The summed E-state index contributed by atoms with van der Waals surface area (Å²) in [6.45, 7) is 1.89. The van der Waals surface area contributed by atoms with Crippen LogP contribution in [0.25, 0.3) is 17.9 Å². The van der Waals surface area contributed by atoms with E-state index in [0.29, 0.717) is 5.56 Å². The lowest BCUT2D eigenvalue weighted by Gasteiger charge is -2.48. The van der Waals surface area contributed by atoms with E-state index in [0.717, 1.165) is 16.1 Å². The molecule has 9 nitrogen and oxygen atoms in total. The van der Waals surface area contributed by atoms with Crippen LogP contribution >= 0.6 is 11.3 Å². The van der Waals surface area contributed by atoms with E-state index in [2.05, 4.69) is 4.98 Å². The van der Waals surface area contributed by atoms with Gasteiger partial charge in [0.25, 0.3) is 0 Å². The summed E-state index contributed by atoms with van der Waals surface area (Å²) in [5.74, 6) is -7.22. The van der Waals surface area contributed by atoms with E-state index >= 15 is 0 Å². The number of nitrogens with zero attached hydrogens (tertiary/aromatic N) is 1. The molecule has 2 aromatic rings. The van der Waals surface area contributed by atoms with Crippen molar-refractivity contribution in [1.82, 2.24) is 4.98 Å². The van der Waals surface area contributed by atoms with E-state index in [1.54, 1.807) is 11.6 Å². The maximum absolute atomic E-state index is 13.5. The Morgan fingerprint density at radius 1 is 1.23 bits per heavy atom. The van der Waals surface area contributed by atoms with Crippen LogP contribution in [0.5, 0.6) is 5.75 Å². The average Bonchev–Trinajstić information content (AvgIpc) is 3.20. The van der Waals surface area contributed by atoms with Crippen molar-refractivity contribution in [2.75, 3.05) is 0 Å². The number of ketones is 2. The van der Waals surface area contributed by atoms with Gasteiger partial charge < -0.3 is 26.2 Å². The van der Waals surface area contributed by atoms with Gasteiger partial charge in [-0.05, 0) is 55.4 Å². The summed E-state index contributed by atoms with van der Waals surface area (Å²) in [5, 5.41) is 43.3. The van der Waals surface area contributed by atoms with Gasteiger partial charge in [0.1, 0.15) is 17.4 Å². The number of amides is 1. The van der Waals surface area contributed by atoms with Gasteiger partial charge in [-0.1, -0.05) is 12.1 Å². The lowest BCUT2D eigenvalue weighted by atomic mass is 9.56. The molecule has 2 fully saturated rings. The van der Waals surface area contributed by atoms with Gasteiger partial charge in [-0.15, -0.1) is 11.3 Å². The Bertz CT molecular complexity index is 1340. The van der Waals surface area contributed by atoms with Crippen molar-refractivity contribution in [3.8, 4) is 5.75 Å². The van der Waals surface area contributed by atoms with Crippen molar-refractivity contribution in [3.05, 3.63) is 50.5 Å². The standard InChI is InChI=1S/C25H24N2O7S/c1-10-17(35-9-27-10)5-3-11-2-4-15(28)19-14(11)7-12-6-13-8-16(29)20(24(26)33)23(32)25(13,34)22(31)18(12)21(19)30/h2-5,9,12-13,16,20,28-30,34H,6-8H2,1H3,(H2,26,33)/b5-3+/t12-,13+,16?,20?,25+/m1/s1. The Kier molecular flexibility index (Phi) is 5.42. The zero-order valence-electron chi connectivity index (χ0n) is 18.8. The maximum atomic E-state index is 13.5. The van der Waals surface area contributed by atoms with Crippen LogP contribution in [-0.4, -0.2) is 54.6 Å². The zero-order chi connectivity index (χ0) is 25.2. The first-order valence-corrected chi connectivity index (χ1v) is 12.1. The van der Waals surface area contributed by atoms with Gasteiger partial charge in [-0.25, -0.2) is 4.98 Å². The number of carbonyl (C=O) groups excluding carboxylic acids is 3. The molecule has 1 amide bonds. The third kappa shape index (κ3) is 3.35. The molecule has 6 N–H and O–H groups in total. The summed E-state index contributed by atoms with van der Waals surface area (Å²) in [5.41, 5.74) is 6.57. The molecule has 3 aliphatic rings. The van der Waals surface area contributed by atoms with Gasteiger partial charge in [-0.3, -0.25) is 14.4 Å². The molecule has 0 spiro atoms. The minimum absolute atomic E-state index is 0.0737. The number of aliphatic hydroxyl groups excluding tert-OH is 2. The highest BCUT2D eigenvalue weighted by Gasteiger charge is 2.63. The third-order valence-electron chi connectivity index (χ3n) is 7.50. The number of nitrogens with two attached hydrogens (primary N) is 1. The summed E-state index contributed by atoms with van der Waals surface area (Å²) >= 11 is 1.48. The normalized spacial score (nSPS) is 30.3. The predicted molar refractivity (Wildman–Crippen MR) is 127 cm³/mol. The number of aromatic nitrogens is 1. The van der Waals surface area contributed by atoms with Crippen LogP contribution in [0.4, 0.5) is 0 Å². The number of thiazole rings is 1. The molecule has 5 atom stereocenters. The zero-order valence-corrected chi connectivity index (χ0v) is 19.6. The second kappa shape index (κ2) is 8.11. The van der Waals surface area contributed by atoms with Crippen LogP contribution in [0, 0.1) is 24.7 Å². The fourth-order valence-electron chi connectivity index (χ4n) is 5.74. The number of hydrogen-bond donors (Lipinski definition) is 5. The number of benzene rings is 1. The van der Waals surface area contributed by atoms with Crippen LogP contribution in [0.2, 0.25) is 0 Å². The number of aliphatic hydroxyl groups is 3. The molecule has 1 aromatic heterocycles. The SMILES string of the molecule is Cc1ncsc1/C=C/c1ccc(O)c2c1C[C@H]1C[C@H]3CC(O)C(C(N)=O)C(=O)[C@@]3(O)C(=O)C1=C2O. The Hall–Kier alpha value is -3.34. The molecular weight excluding hydrogens is 472 g/mol. The monoisotopic (exact) mass is 496 g/mol. The number of fused-ring (bicyclic) bond motifs is 3. The van der Waals surface area contributed by atoms with Gasteiger partial charge in [0.2, 0.25) is 11.7 Å². The second-order valence-electron chi connectivity index (χ2n) is 9.40. The number of aromatic hydroxyl groups is 1. The lowest BCUT2D eigenvalue weighted by molar-refractivity contribution is -0.174. The van der Waals surface area contributed by atoms with Gasteiger partial charge in [0.05, 0.1) is 22.9 Å². The van der Waals surface area contributed by atoms with Gasteiger partial charge in [0.15, 0.2) is 11.4 Å². The summed E-state index contributed by atoms with van der Waals surface area (Å²) in [7, 11) is 0. The Labute approximate surface area is 204 Å². The lowest BCUT2D eigenvalue weighted by Crippen LogP contribution is -2.66. The molecule has 0 aliphatic heterocycles. The molecule has 0 saturated heterocycles. The molecule has 5 rings (SSSR count). The fourth-order valence-corrected chi connectivity index (χ4v) is 6.44. The van der Waals surface area contributed by atoms with Crippen LogP contribution in [0.1, 0.15) is 40.1 Å². The van der Waals surface area contributed by atoms with Crippen molar-refractivity contribution in [2.45, 2.75) is 37.9 Å². The molecule has 0 radical (unpaired) electrons. The van der Waals surface area contributed by atoms with Crippen molar-refractivity contribution in [2.24, 2.45) is 23.5 Å². The predicted octanol–water partition coefficient (Wildman–Crippen LogP) is 1.52. The summed E-state index contributed by atoms with van der Waals surface area (Å²) in [4.78, 5) is 43.5. The summed E-state index contributed by atoms with van der Waals surface area (Å²) in [6, 6.07) is 3.12. The van der Waals surface area contributed by atoms with E-state index in [1.165, 1.54) is 17.4 Å². The van der Waals surface area contributed by atoms with Crippen LogP contribution < -0.4 is 5.73 Å². The first-order chi connectivity index (χ1) is 16.6. The molecule has 2 saturated carbocycles. The topological polar surface area (TPSA) is 171 Å². The highest BCUT2D eigenvalue weighted by Crippen LogP contribution is 2.51. The summed E-state index contributed by atoms with van der Waals surface area (Å²) in [6.07, 6.45) is 2.58. The number of primary amides is 1. The number of phenolic OH excluding ortho intramolecular Hbond substituents is 1. The number of Topliss-reactive ketones (excluding diaryl/α,β-unsaturated/α-hetero) is 2. The van der Waals surface area contributed by atoms with E-state index in [-0.39, 0.29) is 36.1 Å². The summed E-state index contributed by atoms with van der Waals surface area (Å²) < 4.78 is 0. The number of carbonyl (C=O) groups is 3. The molecule has 1 aromatic carbocycles. The van der Waals surface area contributed by atoms with E-state index in [4.69, 9.17) is 5.73 Å². The Morgan fingerprint density at radius 3 is 2.63 bits per heavy atom. The van der Waals surface area contributed by atoms with Crippen molar-refractivity contribution < 1.29 is 34.8 Å². The van der Waals surface area contributed by atoms with E-state index < -0.39 is 52.7 Å². The highest BCUT2D eigenvalue weighted by atomic mass is 32.1. The molecule has 0 bridgehead atoms. The maximum Gasteiger partial charge on any atom is 0.230 e. The smallest absolute Gasteiger partial charge is 0.230 e. The van der Waals surface area contributed by atoms with Crippen LogP contribution in [0.3, 0.4) is 0 Å². The fraction of sp³-hybridized carbons (Fsp3) is 0.360. The molecule has 2 unspecified atom stereocenters. The minimum atomic E-state index is -2.58. The third-order valence-corrected chi connectivity index (χ3v) is 8.40. The van der Waals surface area contributed by atoms with E-state index in [9.17, 15) is 34.8 Å². The second-order valence-corrected chi connectivity index (χ2v) is 10.3. The van der Waals surface area contributed by atoms with Crippen molar-refractivity contribution in [1.29, 1.82) is 0 Å². The Balaban J connectivity index is 1.61. The molecule has 1 heterocycles. The van der Waals surface area contributed by atoms with Gasteiger partial charge in [-0.2, -0.15) is 0 Å². The highest BCUT2D eigenvalue weighted by molar-refractivity contribution is 7.10. The molecule has 35 heavy (non-hydrogen) atoms. The number of hydrogen-bond acceptors (Lipinski definition) is 9. The molecular formula is C25H24N2O7S. The number of aryl methyl sites for hydroxylation is 1. The minimum Gasteiger partial charge on any atom is -0.507 e. The number of phenols is 1. The van der Waals surface area contributed by atoms with Gasteiger partial charge in [0, 0.05) is 16.4 Å². The first-order valence-electron chi connectivity index (χ1n) is 11.2. The molecule has 3 aliphatic carbocycles. The Morgan fingerprint density at radius 2 is 1.97 bits per heavy atom. The first kappa shape index (κ1) is 23.4. The molecule has 10 heteroatoms.